The summed E-state index contributed by atoms with van der Waals surface area (Å²) in [7, 11) is 3.11. The molecule has 1 aromatic heterocycles. The smallest absolute Gasteiger partial charge is 0.274 e. The zero-order chi connectivity index (χ0) is 17.8. The fourth-order valence-corrected chi connectivity index (χ4v) is 2.71. The molecule has 0 atom stereocenters. The van der Waals surface area contributed by atoms with Gasteiger partial charge in [0.2, 0.25) is 0 Å². The summed E-state index contributed by atoms with van der Waals surface area (Å²) >= 11 is 5.31. The van der Waals surface area contributed by atoms with Crippen molar-refractivity contribution in [2.75, 3.05) is 19.5 Å². The average Bonchev–Trinajstić information content (AvgIpc) is 3.03. The Morgan fingerprint density at radius 3 is 2.32 bits per heavy atom. The van der Waals surface area contributed by atoms with E-state index in [1.807, 2.05) is 30.3 Å². The molecule has 0 spiro atoms. The number of nitrogens with zero attached hydrogens (tertiary/aromatic N) is 1. The molecular formula is C18H17N3O3S. The number of ether oxygens (including phenoxy) is 2. The summed E-state index contributed by atoms with van der Waals surface area (Å²) in [6, 6.07) is 14.6. The number of anilines is 1. The number of carbonyl (C=O) groups excluding carboxylic acids is 1. The Morgan fingerprint density at radius 1 is 1.08 bits per heavy atom. The van der Waals surface area contributed by atoms with Crippen LogP contribution in [0.25, 0.3) is 5.69 Å². The van der Waals surface area contributed by atoms with Gasteiger partial charge in [-0.25, -0.2) is 0 Å². The van der Waals surface area contributed by atoms with Crippen molar-refractivity contribution in [1.82, 2.24) is 9.55 Å². The van der Waals surface area contributed by atoms with Crippen molar-refractivity contribution in [1.29, 1.82) is 0 Å². The Morgan fingerprint density at radius 2 is 1.72 bits per heavy atom. The van der Waals surface area contributed by atoms with Crippen molar-refractivity contribution in [3.8, 4) is 17.2 Å². The normalized spacial score (nSPS) is 10.3. The maximum atomic E-state index is 12.7. The van der Waals surface area contributed by atoms with Gasteiger partial charge < -0.3 is 19.8 Å². The van der Waals surface area contributed by atoms with Gasteiger partial charge in [-0.1, -0.05) is 18.2 Å². The summed E-state index contributed by atoms with van der Waals surface area (Å²) in [5.41, 5.74) is 1.77. The van der Waals surface area contributed by atoms with Crippen molar-refractivity contribution in [3.63, 3.8) is 0 Å². The molecule has 0 unspecified atom stereocenters. The standard InChI is InChI=1S/C18H17N3O3S/c1-23-14-8-12(9-15(10-14)24-2)20-17(22)16-11-19-18(25)21(16)13-6-4-3-5-7-13/h3-11H,1-2H3,(H,19,25)(H,20,22). The molecule has 0 radical (unpaired) electrons. The van der Waals surface area contributed by atoms with Gasteiger partial charge >= 0.3 is 0 Å². The molecule has 3 aromatic rings. The van der Waals surface area contributed by atoms with Gasteiger partial charge in [0.05, 0.1) is 14.2 Å². The van der Waals surface area contributed by atoms with Gasteiger partial charge in [0, 0.05) is 35.8 Å². The van der Waals surface area contributed by atoms with Crippen molar-refractivity contribution in [3.05, 3.63) is 65.2 Å². The monoisotopic (exact) mass is 355 g/mol. The van der Waals surface area contributed by atoms with E-state index in [1.54, 1.807) is 43.2 Å². The number of nitrogens with one attached hydrogen (secondary N) is 2. The Bertz CT molecular complexity index is 925. The van der Waals surface area contributed by atoms with E-state index in [-0.39, 0.29) is 5.91 Å². The predicted octanol–water partition coefficient (Wildman–Crippen LogP) is 3.80. The SMILES string of the molecule is COc1cc(NC(=O)c2c[nH]c(=S)n2-c2ccccc2)cc(OC)c1. The van der Waals surface area contributed by atoms with Crippen LogP contribution in [-0.2, 0) is 0 Å². The van der Waals surface area contributed by atoms with Crippen LogP contribution in [0.1, 0.15) is 10.5 Å². The average molecular weight is 355 g/mol. The summed E-state index contributed by atoms with van der Waals surface area (Å²) in [5, 5.41) is 2.85. The first-order valence-corrected chi connectivity index (χ1v) is 7.93. The second-order valence-electron chi connectivity index (χ2n) is 5.21. The first-order chi connectivity index (χ1) is 12.1. The van der Waals surface area contributed by atoms with Crippen molar-refractivity contribution in [2.24, 2.45) is 0 Å². The van der Waals surface area contributed by atoms with Crippen LogP contribution in [-0.4, -0.2) is 29.7 Å². The number of hydrogen-bond donors (Lipinski definition) is 2. The molecule has 0 aliphatic carbocycles. The third-order valence-electron chi connectivity index (χ3n) is 3.63. The summed E-state index contributed by atoms with van der Waals surface area (Å²) < 4.78 is 12.6. The molecule has 0 aliphatic heterocycles. The fourth-order valence-electron chi connectivity index (χ4n) is 2.44. The van der Waals surface area contributed by atoms with Crippen LogP contribution in [0.4, 0.5) is 5.69 Å². The van der Waals surface area contributed by atoms with E-state index in [1.165, 1.54) is 0 Å². The highest BCUT2D eigenvalue weighted by molar-refractivity contribution is 7.71. The highest BCUT2D eigenvalue weighted by atomic mass is 32.1. The fraction of sp³-hybridized carbons (Fsp3) is 0.111. The molecule has 1 amide bonds. The number of aromatic amines is 1. The number of methoxy groups -OCH3 is 2. The zero-order valence-corrected chi connectivity index (χ0v) is 14.6. The van der Waals surface area contributed by atoms with E-state index in [0.29, 0.717) is 27.7 Å². The van der Waals surface area contributed by atoms with Gasteiger partial charge in [0.15, 0.2) is 4.77 Å². The molecule has 0 bridgehead atoms. The summed E-state index contributed by atoms with van der Waals surface area (Å²) in [4.78, 5) is 15.7. The number of carbonyl (C=O) groups is 1. The second kappa shape index (κ2) is 7.23. The number of aromatic nitrogens is 2. The van der Waals surface area contributed by atoms with Gasteiger partial charge in [-0.15, -0.1) is 0 Å². The topological polar surface area (TPSA) is 68.3 Å². The maximum absolute atomic E-state index is 12.7. The molecule has 3 rings (SSSR count). The van der Waals surface area contributed by atoms with Crippen molar-refractivity contribution >= 4 is 23.8 Å². The maximum Gasteiger partial charge on any atom is 0.274 e. The van der Waals surface area contributed by atoms with Crippen LogP contribution in [0.5, 0.6) is 11.5 Å². The molecule has 0 fully saturated rings. The largest absolute Gasteiger partial charge is 0.497 e. The quantitative estimate of drug-likeness (QED) is 0.683. The third-order valence-corrected chi connectivity index (χ3v) is 3.93. The molecule has 2 aromatic carbocycles. The number of H-pyrrole nitrogens is 1. The van der Waals surface area contributed by atoms with Crippen molar-refractivity contribution < 1.29 is 14.3 Å². The van der Waals surface area contributed by atoms with Gasteiger partial charge in [-0.3, -0.25) is 9.36 Å². The number of imidazole rings is 1. The summed E-state index contributed by atoms with van der Waals surface area (Å²) in [6.07, 6.45) is 1.59. The van der Waals surface area contributed by atoms with Crippen LogP contribution in [0, 0.1) is 4.77 Å². The molecular weight excluding hydrogens is 338 g/mol. The van der Waals surface area contributed by atoms with Crippen LogP contribution in [0.15, 0.2) is 54.7 Å². The Balaban J connectivity index is 1.94. The highest BCUT2D eigenvalue weighted by Gasteiger charge is 2.15. The molecule has 0 saturated carbocycles. The van der Waals surface area contributed by atoms with E-state index in [9.17, 15) is 4.79 Å². The first-order valence-electron chi connectivity index (χ1n) is 7.52. The zero-order valence-electron chi connectivity index (χ0n) is 13.8. The van der Waals surface area contributed by atoms with Crippen LogP contribution in [0.3, 0.4) is 0 Å². The predicted molar refractivity (Wildman–Crippen MR) is 98.5 cm³/mol. The lowest BCUT2D eigenvalue weighted by molar-refractivity contribution is 0.102. The van der Waals surface area contributed by atoms with Gasteiger partial charge in [0.1, 0.15) is 17.2 Å². The molecule has 1 heterocycles. The van der Waals surface area contributed by atoms with Crippen LogP contribution in [0.2, 0.25) is 0 Å². The second-order valence-corrected chi connectivity index (χ2v) is 5.59. The van der Waals surface area contributed by atoms with Crippen LogP contribution < -0.4 is 14.8 Å². The van der Waals surface area contributed by atoms with Crippen LogP contribution >= 0.6 is 12.2 Å². The highest BCUT2D eigenvalue weighted by Crippen LogP contribution is 2.26. The number of hydrogen-bond acceptors (Lipinski definition) is 4. The van der Waals surface area contributed by atoms with E-state index in [4.69, 9.17) is 21.7 Å². The van der Waals surface area contributed by atoms with E-state index >= 15 is 0 Å². The van der Waals surface area contributed by atoms with Gasteiger partial charge in [-0.2, -0.15) is 0 Å². The Kier molecular flexibility index (Phi) is 4.85. The number of amides is 1. The third kappa shape index (κ3) is 3.56. The van der Waals surface area contributed by atoms with E-state index < -0.39 is 0 Å². The van der Waals surface area contributed by atoms with Crippen molar-refractivity contribution in [2.45, 2.75) is 0 Å². The van der Waals surface area contributed by atoms with E-state index in [2.05, 4.69) is 10.3 Å². The lowest BCUT2D eigenvalue weighted by Crippen LogP contribution is -2.16. The Labute approximate surface area is 150 Å². The minimum atomic E-state index is -0.300. The minimum Gasteiger partial charge on any atom is -0.497 e. The van der Waals surface area contributed by atoms with Gasteiger partial charge in [0.25, 0.3) is 5.91 Å². The number of benzene rings is 2. The summed E-state index contributed by atoms with van der Waals surface area (Å²) in [6.45, 7) is 0. The minimum absolute atomic E-state index is 0.300. The molecule has 6 nitrogen and oxygen atoms in total. The summed E-state index contributed by atoms with van der Waals surface area (Å²) in [5.74, 6) is 0.874. The lowest BCUT2D eigenvalue weighted by atomic mass is 10.2. The molecule has 2 N–H and O–H groups in total. The number of para-hydroxylation sites is 1. The molecule has 0 saturated heterocycles. The van der Waals surface area contributed by atoms with E-state index in [0.717, 1.165) is 5.69 Å². The molecule has 0 aliphatic rings. The first kappa shape index (κ1) is 16.8. The molecule has 128 valence electrons. The molecule has 25 heavy (non-hydrogen) atoms. The van der Waals surface area contributed by atoms with Gasteiger partial charge in [-0.05, 0) is 24.4 Å². The molecule has 7 heteroatoms. The number of rotatable bonds is 5. The Hall–Kier alpha value is -3.06. The lowest BCUT2D eigenvalue weighted by Gasteiger charge is -2.11.